The summed E-state index contributed by atoms with van der Waals surface area (Å²) < 4.78 is 0.534. The van der Waals surface area contributed by atoms with E-state index in [1.54, 1.807) is 24.3 Å². The largest absolute Gasteiger partial charge is 0.320 e. The van der Waals surface area contributed by atoms with E-state index in [1.807, 2.05) is 6.07 Å². The monoisotopic (exact) mass is 296 g/mol. The van der Waals surface area contributed by atoms with Gasteiger partial charge in [0.25, 0.3) is 5.91 Å². The van der Waals surface area contributed by atoms with Crippen molar-refractivity contribution in [1.82, 2.24) is 0 Å². The molecule has 0 unspecified atom stereocenters. The Morgan fingerprint density at radius 3 is 2.67 bits per heavy atom. The Labute approximate surface area is 118 Å². The van der Waals surface area contributed by atoms with Crippen LogP contribution < -0.4 is 5.32 Å². The molecule has 3 nitrogen and oxygen atoms in total. The van der Waals surface area contributed by atoms with E-state index in [2.05, 4.69) is 5.32 Å². The number of amides is 1. The summed E-state index contributed by atoms with van der Waals surface area (Å²) in [6.45, 7) is 0. The normalized spacial score (nSPS) is 9.83. The third kappa shape index (κ3) is 2.82. The third-order valence-electron chi connectivity index (χ3n) is 2.15. The molecule has 1 N–H and O–H groups in total. The Balaban J connectivity index is 2.27. The number of nitrogens with one attached hydrogen (secondary N) is 1. The van der Waals surface area contributed by atoms with Gasteiger partial charge in [0, 0.05) is 5.02 Å². The van der Waals surface area contributed by atoms with Crippen molar-refractivity contribution in [2.45, 2.75) is 0 Å². The Kier molecular flexibility index (Phi) is 3.87. The average molecular weight is 297 g/mol. The van der Waals surface area contributed by atoms with Gasteiger partial charge in [-0.3, -0.25) is 4.79 Å². The van der Waals surface area contributed by atoms with Crippen LogP contribution in [-0.4, -0.2) is 5.91 Å². The number of thiophene rings is 1. The summed E-state index contributed by atoms with van der Waals surface area (Å²) in [5, 5.41) is 12.0. The number of hydrogen-bond donors (Lipinski definition) is 1. The van der Waals surface area contributed by atoms with E-state index >= 15 is 0 Å². The maximum atomic E-state index is 11.9. The lowest BCUT2D eigenvalue weighted by Gasteiger charge is -2.05. The van der Waals surface area contributed by atoms with Crippen molar-refractivity contribution in [3.8, 4) is 6.07 Å². The summed E-state index contributed by atoms with van der Waals surface area (Å²) in [4.78, 5) is 12.4. The van der Waals surface area contributed by atoms with Crippen molar-refractivity contribution in [3.05, 3.63) is 50.1 Å². The second kappa shape index (κ2) is 5.40. The smallest absolute Gasteiger partial charge is 0.265 e. The van der Waals surface area contributed by atoms with Crippen LogP contribution in [-0.2, 0) is 0 Å². The Morgan fingerprint density at radius 2 is 2.06 bits per heavy atom. The molecule has 18 heavy (non-hydrogen) atoms. The SMILES string of the molecule is N#Cc1ccc(Cl)cc1NC(=O)c1ccc(Cl)s1. The van der Waals surface area contributed by atoms with Gasteiger partial charge in [-0.1, -0.05) is 23.2 Å². The highest BCUT2D eigenvalue weighted by molar-refractivity contribution is 7.18. The highest BCUT2D eigenvalue weighted by Gasteiger charge is 2.11. The number of carbonyl (C=O) groups is 1. The molecule has 0 saturated carbocycles. The van der Waals surface area contributed by atoms with Crippen LogP contribution in [0.25, 0.3) is 0 Å². The molecule has 1 aromatic carbocycles. The van der Waals surface area contributed by atoms with Crippen LogP contribution in [0.3, 0.4) is 0 Å². The first kappa shape index (κ1) is 12.9. The number of hydrogen-bond acceptors (Lipinski definition) is 3. The van der Waals surface area contributed by atoms with Crippen LogP contribution in [0, 0.1) is 11.3 Å². The van der Waals surface area contributed by atoms with Crippen molar-refractivity contribution in [3.63, 3.8) is 0 Å². The Morgan fingerprint density at radius 1 is 1.28 bits per heavy atom. The molecule has 0 bridgehead atoms. The Hall–Kier alpha value is -1.54. The second-order valence-electron chi connectivity index (χ2n) is 3.36. The fraction of sp³-hybridized carbons (Fsp3) is 0. The summed E-state index contributed by atoms with van der Waals surface area (Å²) >= 11 is 12.8. The molecule has 0 aliphatic heterocycles. The molecule has 2 rings (SSSR count). The van der Waals surface area contributed by atoms with Gasteiger partial charge in [-0.05, 0) is 30.3 Å². The first-order valence-electron chi connectivity index (χ1n) is 4.86. The van der Waals surface area contributed by atoms with E-state index in [0.29, 0.717) is 25.5 Å². The quantitative estimate of drug-likeness (QED) is 0.904. The van der Waals surface area contributed by atoms with Gasteiger partial charge in [-0.2, -0.15) is 5.26 Å². The minimum absolute atomic E-state index is 0.314. The van der Waals surface area contributed by atoms with Crippen molar-refractivity contribution in [2.24, 2.45) is 0 Å². The van der Waals surface area contributed by atoms with E-state index in [1.165, 1.54) is 17.4 Å². The average Bonchev–Trinajstić information content (AvgIpc) is 2.76. The molecule has 0 radical (unpaired) electrons. The van der Waals surface area contributed by atoms with Crippen LogP contribution in [0.1, 0.15) is 15.2 Å². The Bertz CT molecular complexity index is 646. The fourth-order valence-electron chi connectivity index (χ4n) is 1.34. The summed E-state index contributed by atoms with van der Waals surface area (Å²) in [6.07, 6.45) is 0. The third-order valence-corrected chi connectivity index (χ3v) is 3.61. The predicted molar refractivity (Wildman–Crippen MR) is 73.4 cm³/mol. The topological polar surface area (TPSA) is 52.9 Å². The van der Waals surface area contributed by atoms with E-state index < -0.39 is 0 Å². The fourth-order valence-corrected chi connectivity index (χ4v) is 2.45. The molecule has 0 fully saturated rings. The summed E-state index contributed by atoms with van der Waals surface area (Å²) in [6, 6.07) is 9.94. The van der Waals surface area contributed by atoms with Crippen molar-refractivity contribution in [2.75, 3.05) is 5.32 Å². The molecule has 2 aromatic rings. The lowest BCUT2D eigenvalue weighted by atomic mass is 10.2. The van der Waals surface area contributed by atoms with Gasteiger partial charge in [0.2, 0.25) is 0 Å². The van der Waals surface area contributed by atoms with E-state index in [4.69, 9.17) is 28.5 Å². The zero-order chi connectivity index (χ0) is 13.1. The maximum absolute atomic E-state index is 11.9. The van der Waals surface area contributed by atoms with Crippen LogP contribution >= 0.6 is 34.5 Å². The lowest BCUT2D eigenvalue weighted by molar-refractivity contribution is 0.103. The summed E-state index contributed by atoms with van der Waals surface area (Å²) in [7, 11) is 0. The minimum atomic E-state index is -0.314. The molecule has 1 aromatic heterocycles. The first-order chi connectivity index (χ1) is 8.60. The molecule has 1 heterocycles. The van der Waals surface area contributed by atoms with Crippen LogP contribution in [0.4, 0.5) is 5.69 Å². The standard InChI is InChI=1S/C12H6Cl2N2OS/c13-8-2-1-7(6-15)9(5-8)16-12(17)10-3-4-11(14)18-10/h1-5H,(H,16,17). The van der Waals surface area contributed by atoms with E-state index in [-0.39, 0.29) is 5.91 Å². The van der Waals surface area contributed by atoms with Gasteiger partial charge in [-0.25, -0.2) is 0 Å². The highest BCUT2D eigenvalue weighted by atomic mass is 35.5. The number of benzene rings is 1. The predicted octanol–water partition coefficient (Wildman–Crippen LogP) is 4.18. The second-order valence-corrected chi connectivity index (χ2v) is 5.51. The summed E-state index contributed by atoms with van der Waals surface area (Å²) in [5.74, 6) is -0.314. The molecule has 0 atom stereocenters. The number of nitriles is 1. The van der Waals surface area contributed by atoms with Gasteiger partial charge in [-0.15, -0.1) is 11.3 Å². The summed E-state index contributed by atoms with van der Waals surface area (Å²) in [5.41, 5.74) is 0.745. The van der Waals surface area contributed by atoms with Gasteiger partial charge in [0.1, 0.15) is 6.07 Å². The number of halogens is 2. The molecule has 0 saturated heterocycles. The molecule has 0 aliphatic carbocycles. The number of carbonyl (C=O) groups excluding carboxylic acids is 1. The van der Waals surface area contributed by atoms with Crippen molar-refractivity contribution < 1.29 is 4.79 Å². The van der Waals surface area contributed by atoms with Gasteiger partial charge in [0.15, 0.2) is 0 Å². The molecule has 0 spiro atoms. The van der Waals surface area contributed by atoms with Crippen LogP contribution in [0.5, 0.6) is 0 Å². The first-order valence-corrected chi connectivity index (χ1v) is 6.44. The van der Waals surface area contributed by atoms with Crippen LogP contribution in [0.2, 0.25) is 9.36 Å². The van der Waals surface area contributed by atoms with Crippen molar-refractivity contribution >= 4 is 46.1 Å². The zero-order valence-electron chi connectivity index (χ0n) is 8.91. The minimum Gasteiger partial charge on any atom is -0.320 e. The molecule has 1 amide bonds. The van der Waals surface area contributed by atoms with Crippen LogP contribution in [0.15, 0.2) is 30.3 Å². The lowest BCUT2D eigenvalue weighted by Crippen LogP contribution is -2.11. The van der Waals surface area contributed by atoms with Gasteiger partial charge < -0.3 is 5.32 Å². The maximum Gasteiger partial charge on any atom is 0.265 e. The number of rotatable bonds is 2. The molecule has 0 aliphatic rings. The molecule has 6 heteroatoms. The number of nitrogens with zero attached hydrogens (tertiary/aromatic N) is 1. The van der Waals surface area contributed by atoms with Crippen molar-refractivity contribution in [1.29, 1.82) is 5.26 Å². The molecular weight excluding hydrogens is 291 g/mol. The highest BCUT2D eigenvalue weighted by Crippen LogP contribution is 2.24. The van der Waals surface area contributed by atoms with Gasteiger partial charge >= 0.3 is 0 Å². The zero-order valence-corrected chi connectivity index (χ0v) is 11.2. The van der Waals surface area contributed by atoms with E-state index in [9.17, 15) is 4.79 Å². The number of anilines is 1. The molecule has 90 valence electrons. The molecular formula is C12H6Cl2N2OS. The van der Waals surface area contributed by atoms with E-state index in [0.717, 1.165) is 0 Å². The van der Waals surface area contributed by atoms with Gasteiger partial charge in [0.05, 0.1) is 20.5 Å².